The van der Waals surface area contributed by atoms with Gasteiger partial charge in [-0.15, -0.1) is 0 Å². The van der Waals surface area contributed by atoms with Crippen LogP contribution in [0.15, 0.2) is 48.8 Å². The zero-order chi connectivity index (χ0) is 22.5. The molecule has 0 fully saturated rings. The first kappa shape index (κ1) is 21.7. The summed E-state index contributed by atoms with van der Waals surface area (Å²) in [5.74, 6) is -15.2. The Labute approximate surface area is 170 Å². The van der Waals surface area contributed by atoms with Gasteiger partial charge < -0.3 is 14.2 Å². The number of esters is 1. The van der Waals surface area contributed by atoms with E-state index in [1.165, 1.54) is 0 Å². The number of aromatic nitrogens is 1. The Morgan fingerprint density at radius 3 is 2.06 bits per heavy atom. The van der Waals surface area contributed by atoms with Gasteiger partial charge in [-0.2, -0.15) is 8.78 Å². The molecular formula is C20H10F5NO5. The first-order chi connectivity index (χ1) is 14.8. The van der Waals surface area contributed by atoms with Crippen LogP contribution in [-0.2, 0) is 11.3 Å². The summed E-state index contributed by atoms with van der Waals surface area (Å²) in [7, 11) is 0. The van der Waals surface area contributed by atoms with Crippen molar-refractivity contribution in [3.8, 4) is 11.5 Å². The van der Waals surface area contributed by atoms with Gasteiger partial charge in [0.2, 0.25) is 34.8 Å². The SMILES string of the molecule is O=C(OCc1ccccc1)Oc1cncc(C(=O)Oc2c(F)c(F)c(F)c(F)c2F)c1. The summed E-state index contributed by atoms with van der Waals surface area (Å²) in [5, 5.41) is 0. The zero-order valence-electron chi connectivity index (χ0n) is 15.2. The molecule has 0 atom stereocenters. The molecule has 0 unspecified atom stereocenters. The van der Waals surface area contributed by atoms with Gasteiger partial charge in [-0.25, -0.2) is 22.8 Å². The number of carbonyl (C=O) groups excluding carboxylic acids is 2. The van der Waals surface area contributed by atoms with Gasteiger partial charge in [0.1, 0.15) is 6.61 Å². The molecule has 3 rings (SSSR count). The molecule has 3 aromatic rings. The third-order valence-corrected chi connectivity index (χ3v) is 3.71. The molecule has 160 valence electrons. The molecule has 0 aliphatic carbocycles. The largest absolute Gasteiger partial charge is 0.514 e. The molecule has 2 aromatic carbocycles. The summed E-state index contributed by atoms with van der Waals surface area (Å²) in [6.45, 7) is -0.102. The predicted molar refractivity (Wildman–Crippen MR) is 92.7 cm³/mol. The molecular weight excluding hydrogens is 429 g/mol. The fourth-order valence-electron chi connectivity index (χ4n) is 2.25. The molecule has 31 heavy (non-hydrogen) atoms. The molecule has 0 spiro atoms. The van der Waals surface area contributed by atoms with E-state index in [0.29, 0.717) is 5.56 Å². The maximum atomic E-state index is 13.7. The Bertz CT molecular complexity index is 1110. The summed E-state index contributed by atoms with van der Waals surface area (Å²) in [5.41, 5.74) is 0.176. The van der Waals surface area contributed by atoms with Crippen molar-refractivity contribution in [2.45, 2.75) is 6.61 Å². The minimum Gasteiger partial charge on any atom is -0.429 e. The minimum atomic E-state index is -2.40. The fourth-order valence-corrected chi connectivity index (χ4v) is 2.25. The van der Waals surface area contributed by atoms with Crippen LogP contribution in [0.5, 0.6) is 11.5 Å². The Morgan fingerprint density at radius 2 is 1.42 bits per heavy atom. The number of benzene rings is 2. The highest BCUT2D eigenvalue weighted by atomic mass is 19.2. The van der Waals surface area contributed by atoms with Crippen LogP contribution < -0.4 is 9.47 Å². The van der Waals surface area contributed by atoms with Gasteiger partial charge >= 0.3 is 12.1 Å². The van der Waals surface area contributed by atoms with Crippen molar-refractivity contribution in [1.82, 2.24) is 4.98 Å². The lowest BCUT2D eigenvalue weighted by molar-refractivity contribution is 0.0712. The summed E-state index contributed by atoms with van der Waals surface area (Å²) in [4.78, 5) is 27.4. The summed E-state index contributed by atoms with van der Waals surface area (Å²) in [6, 6.07) is 9.52. The average Bonchev–Trinajstić information content (AvgIpc) is 2.78. The molecule has 0 amide bonds. The lowest BCUT2D eigenvalue weighted by Crippen LogP contribution is -2.15. The molecule has 6 nitrogen and oxygen atoms in total. The van der Waals surface area contributed by atoms with Gasteiger partial charge in [-0.3, -0.25) is 4.98 Å². The monoisotopic (exact) mass is 439 g/mol. The molecule has 0 aliphatic heterocycles. The van der Waals surface area contributed by atoms with E-state index < -0.39 is 52.5 Å². The fraction of sp³-hybridized carbons (Fsp3) is 0.0500. The van der Waals surface area contributed by atoms with E-state index in [0.717, 1.165) is 18.5 Å². The van der Waals surface area contributed by atoms with E-state index in [4.69, 9.17) is 9.47 Å². The maximum absolute atomic E-state index is 13.7. The van der Waals surface area contributed by atoms with Gasteiger partial charge in [-0.05, 0) is 11.6 Å². The first-order valence-corrected chi connectivity index (χ1v) is 8.35. The predicted octanol–water partition coefficient (Wildman–Crippen LogP) is 4.71. The van der Waals surface area contributed by atoms with Crippen LogP contribution in [0.25, 0.3) is 0 Å². The lowest BCUT2D eigenvalue weighted by atomic mass is 10.2. The minimum absolute atomic E-state index is 0.102. The van der Waals surface area contributed by atoms with Crippen molar-refractivity contribution in [1.29, 1.82) is 0 Å². The van der Waals surface area contributed by atoms with Gasteiger partial charge in [0.25, 0.3) is 0 Å². The standard InChI is InChI=1S/C20H10F5NO5/c21-13-14(22)16(24)18(17(25)15(13)23)31-19(27)11-6-12(8-26-7-11)30-20(28)29-9-10-4-2-1-3-5-10/h1-8H,9H2. The van der Waals surface area contributed by atoms with Gasteiger partial charge in [0.15, 0.2) is 5.75 Å². The Morgan fingerprint density at radius 1 is 0.806 bits per heavy atom. The molecule has 0 saturated heterocycles. The number of carbonyl (C=O) groups is 2. The number of hydrogen-bond acceptors (Lipinski definition) is 6. The number of ether oxygens (including phenoxy) is 3. The van der Waals surface area contributed by atoms with Crippen LogP contribution in [0.2, 0.25) is 0 Å². The van der Waals surface area contributed by atoms with Gasteiger partial charge in [0, 0.05) is 6.20 Å². The molecule has 0 N–H and O–H groups in total. The second-order valence-corrected chi connectivity index (χ2v) is 5.82. The molecule has 0 radical (unpaired) electrons. The third kappa shape index (κ3) is 4.94. The average molecular weight is 439 g/mol. The molecule has 0 saturated carbocycles. The van der Waals surface area contributed by atoms with Crippen LogP contribution in [0, 0.1) is 29.1 Å². The van der Waals surface area contributed by atoms with Crippen molar-refractivity contribution in [2.24, 2.45) is 0 Å². The van der Waals surface area contributed by atoms with Crippen LogP contribution in [0.1, 0.15) is 15.9 Å². The van der Waals surface area contributed by atoms with E-state index in [-0.39, 0.29) is 12.4 Å². The molecule has 0 aliphatic rings. The highest BCUT2D eigenvalue weighted by Crippen LogP contribution is 2.29. The Hall–Kier alpha value is -4.02. The number of nitrogens with zero attached hydrogens (tertiary/aromatic N) is 1. The second-order valence-electron chi connectivity index (χ2n) is 5.82. The normalized spacial score (nSPS) is 10.5. The first-order valence-electron chi connectivity index (χ1n) is 8.35. The summed E-state index contributed by atoms with van der Waals surface area (Å²) >= 11 is 0. The molecule has 1 aromatic heterocycles. The quantitative estimate of drug-likeness (QED) is 0.189. The van der Waals surface area contributed by atoms with Gasteiger partial charge in [0.05, 0.1) is 11.8 Å². The van der Waals surface area contributed by atoms with Crippen molar-refractivity contribution in [3.05, 3.63) is 89.0 Å². The van der Waals surface area contributed by atoms with Crippen LogP contribution >= 0.6 is 0 Å². The second kappa shape index (κ2) is 9.20. The topological polar surface area (TPSA) is 74.7 Å². The summed E-state index contributed by atoms with van der Waals surface area (Å²) in [6.07, 6.45) is 0.728. The number of rotatable bonds is 5. The smallest absolute Gasteiger partial charge is 0.429 e. The van der Waals surface area contributed by atoms with E-state index >= 15 is 0 Å². The zero-order valence-corrected chi connectivity index (χ0v) is 15.2. The van der Waals surface area contributed by atoms with Crippen LogP contribution in [-0.4, -0.2) is 17.1 Å². The van der Waals surface area contributed by atoms with E-state index in [2.05, 4.69) is 9.72 Å². The Balaban J connectivity index is 1.70. The number of hydrogen-bond donors (Lipinski definition) is 0. The van der Waals surface area contributed by atoms with Crippen LogP contribution in [0.3, 0.4) is 0 Å². The number of pyridine rings is 1. The Kier molecular flexibility index (Phi) is 6.43. The van der Waals surface area contributed by atoms with Crippen molar-refractivity contribution in [2.75, 3.05) is 0 Å². The summed E-state index contributed by atoms with van der Waals surface area (Å²) < 4.78 is 80.8. The maximum Gasteiger partial charge on any atom is 0.514 e. The molecule has 11 heteroatoms. The van der Waals surface area contributed by atoms with E-state index in [1.54, 1.807) is 30.3 Å². The van der Waals surface area contributed by atoms with Crippen molar-refractivity contribution < 1.29 is 45.8 Å². The highest BCUT2D eigenvalue weighted by molar-refractivity contribution is 5.91. The van der Waals surface area contributed by atoms with Crippen molar-refractivity contribution >= 4 is 12.1 Å². The highest BCUT2D eigenvalue weighted by Gasteiger charge is 2.29. The molecule has 1 heterocycles. The van der Waals surface area contributed by atoms with Crippen LogP contribution in [0.4, 0.5) is 26.7 Å². The van der Waals surface area contributed by atoms with Gasteiger partial charge in [-0.1, -0.05) is 30.3 Å². The van der Waals surface area contributed by atoms with E-state index in [1.807, 2.05) is 0 Å². The lowest BCUT2D eigenvalue weighted by Gasteiger charge is -2.09. The third-order valence-electron chi connectivity index (χ3n) is 3.71. The van der Waals surface area contributed by atoms with E-state index in [9.17, 15) is 31.5 Å². The number of halogens is 5. The molecule has 0 bridgehead atoms. The van der Waals surface area contributed by atoms with Crippen molar-refractivity contribution in [3.63, 3.8) is 0 Å².